The molecule has 0 spiro atoms. The maximum Gasteiger partial charge on any atom is 0.407 e. The molecule has 6 nitrogen and oxygen atoms in total. The lowest BCUT2D eigenvalue weighted by Gasteiger charge is -2.05. The Bertz CT molecular complexity index is 172. The van der Waals surface area contributed by atoms with E-state index in [1.165, 1.54) is 7.05 Å². The number of alkyl carbamates (subject to hydrolysis) is 2. The molecule has 2 N–H and O–H groups in total. The van der Waals surface area contributed by atoms with Crippen molar-refractivity contribution in [2.24, 2.45) is 0 Å². The summed E-state index contributed by atoms with van der Waals surface area (Å²) in [6, 6.07) is 0. The third-order valence-electron chi connectivity index (χ3n) is 1.08. The summed E-state index contributed by atoms with van der Waals surface area (Å²) >= 11 is 0. The molecule has 2 amide bonds. The van der Waals surface area contributed by atoms with Gasteiger partial charge in [0.25, 0.3) is 0 Å². The fourth-order valence-electron chi connectivity index (χ4n) is 0.551. The number of hydrogen-bond acceptors (Lipinski definition) is 4. The van der Waals surface area contributed by atoms with E-state index >= 15 is 0 Å². The second kappa shape index (κ2) is 7.20. The van der Waals surface area contributed by atoms with Gasteiger partial charge in [0, 0.05) is 7.05 Å². The molecule has 13 heavy (non-hydrogen) atoms. The van der Waals surface area contributed by atoms with Gasteiger partial charge in [-0.3, -0.25) is 0 Å². The van der Waals surface area contributed by atoms with E-state index in [2.05, 4.69) is 20.1 Å². The minimum Gasteiger partial charge on any atom is -0.450 e. The van der Waals surface area contributed by atoms with Gasteiger partial charge in [-0.2, -0.15) is 0 Å². The predicted molar refractivity (Wildman–Crippen MR) is 45.4 cm³/mol. The zero-order chi connectivity index (χ0) is 10.1. The summed E-state index contributed by atoms with van der Waals surface area (Å²) < 4.78 is 9.17. The third kappa shape index (κ3) is 6.92. The Morgan fingerprint density at radius 2 is 1.92 bits per heavy atom. The molecule has 0 unspecified atom stereocenters. The first kappa shape index (κ1) is 11.5. The van der Waals surface area contributed by atoms with Crippen LogP contribution in [0.4, 0.5) is 9.59 Å². The van der Waals surface area contributed by atoms with Gasteiger partial charge in [0.2, 0.25) is 0 Å². The lowest BCUT2D eigenvalue weighted by molar-refractivity contribution is 0.136. The Labute approximate surface area is 76.6 Å². The average molecular weight is 190 g/mol. The SMILES string of the molecule is CCOC(=O)NCCOC(=O)NC. The number of amides is 2. The van der Waals surface area contributed by atoms with Crippen LogP contribution in [0.25, 0.3) is 0 Å². The van der Waals surface area contributed by atoms with E-state index in [-0.39, 0.29) is 13.2 Å². The molecule has 0 saturated heterocycles. The lowest BCUT2D eigenvalue weighted by atomic mass is 10.7. The molecule has 0 aliphatic carbocycles. The van der Waals surface area contributed by atoms with Crippen molar-refractivity contribution in [2.75, 3.05) is 26.8 Å². The van der Waals surface area contributed by atoms with Crippen LogP contribution in [0.1, 0.15) is 6.92 Å². The zero-order valence-electron chi connectivity index (χ0n) is 7.75. The van der Waals surface area contributed by atoms with E-state index < -0.39 is 12.2 Å². The van der Waals surface area contributed by atoms with E-state index in [9.17, 15) is 9.59 Å². The fraction of sp³-hybridized carbons (Fsp3) is 0.714. The second-order valence-electron chi connectivity index (χ2n) is 2.03. The van der Waals surface area contributed by atoms with Gasteiger partial charge in [-0.25, -0.2) is 9.59 Å². The van der Waals surface area contributed by atoms with Crippen molar-refractivity contribution in [3.63, 3.8) is 0 Å². The van der Waals surface area contributed by atoms with E-state index in [0.29, 0.717) is 6.61 Å². The summed E-state index contributed by atoms with van der Waals surface area (Å²) in [5, 5.41) is 4.67. The number of carbonyl (C=O) groups excluding carboxylic acids is 2. The first-order valence-corrected chi connectivity index (χ1v) is 3.95. The van der Waals surface area contributed by atoms with Gasteiger partial charge in [0.15, 0.2) is 0 Å². The standard InChI is InChI=1S/C7H14N2O4/c1-3-12-7(11)9-4-5-13-6(10)8-2/h3-5H2,1-2H3,(H,8,10)(H,9,11). The van der Waals surface area contributed by atoms with Crippen LogP contribution in [0.2, 0.25) is 0 Å². The molecule has 0 fully saturated rings. The van der Waals surface area contributed by atoms with E-state index in [0.717, 1.165) is 0 Å². The number of hydrogen-bond donors (Lipinski definition) is 2. The molecule has 0 rings (SSSR count). The van der Waals surface area contributed by atoms with Crippen molar-refractivity contribution in [1.82, 2.24) is 10.6 Å². The van der Waals surface area contributed by atoms with E-state index in [4.69, 9.17) is 0 Å². The van der Waals surface area contributed by atoms with Gasteiger partial charge < -0.3 is 20.1 Å². The van der Waals surface area contributed by atoms with Crippen LogP contribution < -0.4 is 10.6 Å². The van der Waals surface area contributed by atoms with Gasteiger partial charge >= 0.3 is 12.2 Å². The van der Waals surface area contributed by atoms with Crippen molar-refractivity contribution in [2.45, 2.75) is 6.92 Å². The topological polar surface area (TPSA) is 76.7 Å². The molecule has 0 radical (unpaired) electrons. The Kier molecular flexibility index (Phi) is 6.39. The number of ether oxygens (including phenoxy) is 2. The van der Waals surface area contributed by atoms with Crippen LogP contribution in [0.15, 0.2) is 0 Å². The summed E-state index contributed by atoms with van der Waals surface area (Å²) in [5.41, 5.74) is 0. The van der Waals surface area contributed by atoms with Crippen LogP contribution in [0, 0.1) is 0 Å². The normalized spacial score (nSPS) is 8.77. The van der Waals surface area contributed by atoms with Gasteiger partial charge in [0.1, 0.15) is 6.61 Å². The van der Waals surface area contributed by atoms with Crippen LogP contribution in [0.3, 0.4) is 0 Å². The summed E-state index contributed by atoms with van der Waals surface area (Å²) in [5.74, 6) is 0. The number of rotatable bonds is 4. The van der Waals surface area contributed by atoms with Crippen molar-refractivity contribution in [1.29, 1.82) is 0 Å². The van der Waals surface area contributed by atoms with Gasteiger partial charge in [-0.15, -0.1) is 0 Å². The first-order valence-electron chi connectivity index (χ1n) is 3.95. The molecule has 6 heteroatoms. The van der Waals surface area contributed by atoms with Crippen molar-refractivity contribution in [3.8, 4) is 0 Å². The maximum absolute atomic E-state index is 10.7. The van der Waals surface area contributed by atoms with E-state index in [1.807, 2.05) is 0 Å². The molecule has 0 aliphatic rings. The molecular formula is C7H14N2O4. The Morgan fingerprint density at radius 1 is 1.23 bits per heavy atom. The zero-order valence-corrected chi connectivity index (χ0v) is 7.75. The summed E-state index contributed by atoms with van der Waals surface area (Å²) in [6.07, 6.45) is -1.03. The Balaban J connectivity index is 3.25. The number of nitrogens with one attached hydrogen (secondary N) is 2. The highest BCUT2D eigenvalue weighted by Crippen LogP contribution is 1.77. The molecule has 0 heterocycles. The summed E-state index contributed by atoms with van der Waals surface area (Å²) in [4.78, 5) is 21.2. The predicted octanol–water partition coefficient (Wildman–Crippen LogP) is 0.0885. The third-order valence-corrected chi connectivity index (χ3v) is 1.08. The van der Waals surface area contributed by atoms with E-state index in [1.54, 1.807) is 6.92 Å². The largest absolute Gasteiger partial charge is 0.450 e. The average Bonchev–Trinajstić information content (AvgIpc) is 2.12. The fourth-order valence-corrected chi connectivity index (χ4v) is 0.551. The van der Waals surface area contributed by atoms with Crippen LogP contribution >= 0.6 is 0 Å². The minimum absolute atomic E-state index is 0.123. The molecule has 0 aromatic carbocycles. The lowest BCUT2D eigenvalue weighted by Crippen LogP contribution is -2.30. The summed E-state index contributed by atoms with van der Waals surface area (Å²) in [7, 11) is 1.46. The van der Waals surface area contributed by atoms with Gasteiger partial charge in [-0.05, 0) is 6.92 Å². The van der Waals surface area contributed by atoms with Gasteiger partial charge in [0.05, 0.1) is 13.2 Å². The Morgan fingerprint density at radius 3 is 2.46 bits per heavy atom. The molecule has 0 bridgehead atoms. The number of carbonyl (C=O) groups is 2. The molecule has 0 aromatic rings. The minimum atomic E-state index is -0.523. The highest BCUT2D eigenvalue weighted by atomic mass is 16.6. The first-order chi connectivity index (χ1) is 6.20. The van der Waals surface area contributed by atoms with Crippen molar-refractivity contribution in [3.05, 3.63) is 0 Å². The van der Waals surface area contributed by atoms with Crippen molar-refractivity contribution >= 4 is 12.2 Å². The highest BCUT2D eigenvalue weighted by Gasteiger charge is 2.00. The highest BCUT2D eigenvalue weighted by molar-refractivity contribution is 5.67. The summed E-state index contributed by atoms with van der Waals surface area (Å²) in [6.45, 7) is 2.40. The molecule has 0 aliphatic heterocycles. The van der Waals surface area contributed by atoms with Crippen LogP contribution in [0.5, 0.6) is 0 Å². The molecule has 76 valence electrons. The quantitative estimate of drug-likeness (QED) is 0.616. The molecule has 0 saturated carbocycles. The molecular weight excluding hydrogens is 176 g/mol. The van der Waals surface area contributed by atoms with Crippen LogP contribution in [-0.4, -0.2) is 39.0 Å². The monoisotopic (exact) mass is 190 g/mol. The van der Waals surface area contributed by atoms with Crippen LogP contribution in [-0.2, 0) is 9.47 Å². The van der Waals surface area contributed by atoms with Gasteiger partial charge in [-0.1, -0.05) is 0 Å². The molecule has 0 atom stereocenters. The smallest absolute Gasteiger partial charge is 0.407 e. The Hall–Kier alpha value is -1.46. The second-order valence-corrected chi connectivity index (χ2v) is 2.03. The van der Waals surface area contributed by atoms with Crippen molar-refractivity contribution < 1.29 is 19.1 Å². The molecule has 0 aromatic heterocycles. The maximum atomic E-state index is 10.7.